The van der Waals surface area contributed by atoms with Crippen molar-refractivity contribution < 1.29 is 9.15 Å². The van der Waals surface area contributed by atoms with Crippen LogP contribution in [0.1, 0.15) is 18.2 Å². The molecule has 0 atom stereocenters. The average Bonchev–Trinajstić information content (AvgIpc) is 3.07. The summed E-state index contributed by atoms with van der Waals surface area (Å²) in [6, 6.07) is 18.0. The third-order valence-corrected chi connectivity index (χ3v) is 3.85. The fourth-order valence-corrected chi connectivity index (χ4v) is 2.63. The average molecular weight is 337 g/mol. The Kier molecular flexibility index (Phi) is 5.57. The SMILES string of the molecule is CCNC(=NCc1ccccc1OC)NCc1cc2ccccc2o1. The Balaban J connectivity index is 1.67. The van der Waals surface area contributed by atoms with Crippen LogP contribution in [-0.2, 0) is 13.1 Å². The molecule has 2 aromatic carbocycles. The Bertz CT molecular complexity index is 822. The minimum Gasteiger partial charge on any atom is -0.496 e. The molecule has 25 heavy (non-hydrogen) atoms. The molecule has 2 N–H and O–H groups in total. The van der Waals surface area contributed by atoms with Crippen molar-refractivity contribution >= 4 is 16.9 Å². The lowest BCUT2D eigenvalue weighted by atomic mass is 10.2. The highest BCUT2D eigenvalue weighted by Crippen LogP contribution is 2.19. The first kappa shape index (κ1) is 16.9. The van der Waals surface area contributed by atoms with E-state index in [2.05, 4.69) is 15.6 Å². The van der Waals surface area contributed by atoms with Crippen LogP contribution in [-0.4, -0.2) is 19.6 Å². The topological polar surface area (TPSA) is 58.8 Å². The fourth-order valence-electron chi connectivity index (χ4n) is 2.63. The first-order chi connectivity index (χ1) is 12.3. The van der Waals surface area contributed by atoms with Crippen molar-refractivity contribution in [2.45, 2.75) is 20.0 Å². The summed E-state index contributed by atoms with van der Waals surface area (Å²) >= 11 is 0. The number of benzene rings is 2. The van der Waals surface area contributed by atoms with E-state index < -0.39 is 0 Å². The van der Waals surface area contributed by atoms with Crippen LogP contribution >= 0.6 is 0 Å². The van der Waals surface area contributed by atoms with Gasteiger partial charge in [-0.25, -0.2) is 4.99 Å². The molecule has 0 aliphatic rings. The molecule has 0 spiro atoms. The number of rotatable bonds is 6. The van der Waals surface area contributed by atoms with Gasteiger partial charge in [0, 0.05) is 17.5 Å². The molecule has 0 amide bonds. The molecule has 1 aromatic heterocycles. The van der Waals surface area contributed by atoms with E-state index in [1.807, 2.05) is 61.5 Å². The zero-order chi connectivity index (χ0) is 17.5. The van der Waals surface area contributed by atoms with Gasteiger partial charge in [-0.05, 0) is 25.1 Å². The lowest BCUT2D eigenvalue weighted by Crippen LogP contribution is -2.36. The van der Waals surface area contributed by atoms with Crippen molar-refractivity contribution in [1.82, 2.24) is 10.6 Å². The second-order valence-electron chi connectivity index (χ2n) is 5.61. The van der Waals surface area contributed by atoms with Gasteiger partial charge in [0.15, 0.2) is 5.96 Å². The van der Waals surface area contributed by atoms with Gasteiger partial charge in [-0.1, -0.05) is 36.4 Å². The van der Waals surface area contributed by atoms with Gasteiger partial charge in [0.05, 0.1) is 20.2 Å². The van der Waals surface area contributed by atoms with Gasteiger partial charge in [-0.15, -0.1) is 0 Å². The molecule has 0 radical (unpaired) electrons. The van der Waals surface area contributed by atoms with Crippen LogP contribution in [0.15, 0.2) is 64.0 Å². The molecule has 0 saturated heterocycles. The Morgan fingerprint density at radius 2 is 1.88 bits per heavy atom. The Hall–Kier alpha value is -2.95. The van der Waals surface area contributed by atoms with Crippen molar-refractivity contribution in [2.24, 2.45) is 4.99 Å². The third-order valence-electron chi connectivity index (χ3n) is 3.85. The van der Waals surface area contributed by atoms with Crippen molar-refractivity contribution in [3.63, 3.8) is 0 Å². The van der Waals surface area contributed by atoms with Crippen molar-refractivity contribution in [2.75, 3.05) is 13.7 Å². The Labute approximate surface area is 147 Å². The molecule has 5 heteroatoms. The standard InChI is InChI=1S/C20H23N3O2/c1-3-21-20(22-13-16-9-5-6-10-18(16)24-2)23-14-17-12-15-8-4-7-11-19(15)25-17/h4-12H,3,13-14H2,1-2H3,(H2,21,22,23). The van der Waals surface area contributed by atoms with Gasteiger partial charge in [-0.3, -0.25) is 0 Å². The normalized spacial score (nSPS) is 11.5. The first-order valence-electron chi connectivity index (χ1n) is 8.41. The molecule has 0 bridgehead atoms. The maximum atomic E-state index is 5.83. The van der Waals surface area contributed by atoms with Crippen LogP contribution in [0.4, 0.5) is 0 Å². The Morgan fingerprint density at radius 3 is 2.68 bits per heavy atom. The summed E-state index contributed by atoms with van der Waals surface area (Å²) < 4.78 is 11.2. The summed E-state index contributed by atoms with van der Waals surface area (Å²) in [5.41, 5.74) is 1.95. The third kappa shape index (κ3) is 4.32. The molecule has 0 saturated carbocycles. The highest BCUT2D eigenvalue weighted by molar-refractivity contribution is 5.80. The number of fused-ring (bicyclic) bond motifs is 1. The van der Waals surface area contributed by atoms with E-state index in [1.54, 1.807) is 7.11 Å². The van der Waals surface area contributed by atoms with Crippen LogP contribution < -0.4 is 15.4 Å². The number of furan rings is 1. The predicted molar refractivity (Wildman–Crippen MR) is 101 cm³/mol. The predicted octanol–water partition coefficient (Wildman–Crippen LogP) is 3.70. The number of methoxy groups -OCH3 is 1. The van der Waals surface area contributed by atoms with Gasteiger partial charge in [0.25, 0.3) is 0 Å². The van der Waals surface area contributed by atoms with Gasteiger partial charge in [0.2, 0.25) is 0 Å². The number of ether oxygens (including phenoxy) is 1. The summed E-state index contributed by atoms with van der Waals surface area (Å²) in [6.45, 7) is 3.95. The zero-order valence-corrected chi connectivity index (χ0v) is 14.6. The molecule has 130 valence electrons. The lowest BCUT2D eigenvalue weighted by Gasteiger charge is -2.11. The number of nitrogens with zero attached hydrogens (tertiary/aromatic N) is 1. The number of para-hydroxylation sites is 2. The van der Waals surface area contributed by atoms with E-state index in [4.69, 9.17) is 9.15 Å². The second-order valence-corrected chi connectivity index (χ2v) is 5.61. The second kappa shape index (κ2) is 8.24. The molecule has 0 aliphatic carbocycles. The van der Waals surface area contributed by atoms with Crippen LogP contribution in [0.25, 0.3) is 11.0 Å². The fraction of sp³-hybridized carbons (Fsp3) is 0.250. The summed E-state index contributed by atoms with van der Waals surface area (Å²) in [5.74, 6) is 2.47. The zero-order valence-electron chi connectivity index (χ0n) is 14.6. The maximum absolute atomic E-state index is 5.83. The molecule has 0 fully saturated rings. The van der Waals surface area contributed by atoms with E-state index in [1.165, 1.54) is 0 Å². The highest BCUT2D eigenvalue weighted by atomic mass is 16.5. The van der Waals surface area contributed by atoms with Crippen LogP contribution in [0, 0.1) is 0 Å². The molecular formula is C20H23N3O2. The summed E-state index contributed by atoms with van der Waals surface area (Å²) in [4.78, 5) is 4.63. The first-order valence-corrected chi connectivity index (χ1v) is 8.41. The highest BCUT2D eigenvalue weighted by Gasteiger charge is 2.05. The smallest absolute Gasteiger partial charge is 0.191 e. The van der Waals surface area contributed by atoms with E-state index in [-0.39, 0.29) is 0 Å². The molecule has 3 rings (SSSR count). The van der Waals surface area contributed by atoms with Gasteiger partial charge in [-0.2, -0.15) is 0 Å². The summed E-state index contributed by atoms with van der Waals surface area (Å²) in [5, 5.41) is 7.67. The van der Waals surface area contributed by atoms with Gasteiger partial charge >= 0.3 is 0 Å². The molecule has 0 unspecified atom stereocenters. The summed E-state index contributed by atoms with van der Waals surface area (Å²) in [7, 11) is 1.67. The van der Waals surface area contributed by atoms with Gasteiger partial charge in [0.1, 0.15) is 17.1 Å². The van der Waals surface area contributed by atoms with Crippen LogP contribution in [0.3, 0.4) is 0 Å². The Morgan fingerprint density at radius 1 is 1.08 bits per heavy atom. The maximum Gasteiger partial charge on any atom is 0.191 e. The van der Waals surface area contributed by atoms with E-state index in [0.717, 1.165) is 40.5 Å². The minimum atomic E-state index is 0.541. The monoisotopic (exact) mass is 337 g/mol. The van der Waals surface area contributed by atoms with E-state index in [9.17, 15) is 0 Å². The molecule has 5 nitrogen and oxygen atoms in total. The molecule has 3 aromatic rings. The van der Waals surface area contributed by atoms with E-state index in [0.29, 0.717) is 13.1 Å². The molecule has 0 aliphatic heterocycles. The van der Waals surface area contributed by atoms with E-state index >= 15 is 0 Å². The molecular weight excluding hydrogens is 314 g/mol. The van der Waals surface area contributed by atoms with Crippen molar-refractivity contribution in [3.8, 4) is 5.75 Å². The van der Waals surface area contributed by atoms with Crippen molar-refractivity contribution in [1.29, 1.82) is 0 Å². The number of guanidine groups is 1. The lowest BCUT2D eigenvalue weighted by molar-refractivity contribution is 0.410. The summed E-state index contributed by atoms with van der Waals surface area (Å²) in [6.07, 6.45) is 0. The quantitative estimate of drug-likeness (QED) is 0.532. The minimum absolute atomic E-state index is 0.541. The molecule has 1 heterocycles. The number of nitrogens with one attached hydrogen (secondary N) is 2. The van der Waals surface area contributed by atoms with Crippen LogP contribution in [0.2, 0.25) is 0 Å². The number of aliphatic imine (C=N–C) groups is 1. The largest absolute Gasteiger partial charge is 0.496 e. The number of hydrogen-bond donors (Lipinski definition) is 2. The van der Waals surface area contributed by atoms with Crippen molar-refractivity contribution in [3.05, 3.63) is 65.9 Å². The van der Waals surface area contributed by atoms with Crippen LogP contribution in [0.5, 0.6) is 5.75 Å². The number of hydrogen-bond acceptors (Lipinski definition) is 3. The van der Waals surface area contributed by atoms with Gasteiger partial charge < -0.3 is 19.8 Å².